The minimum Gasteiger partial charge on any atom is -0.483 e. The molecule has 0 bridgehead atoms. The first kappa shape index (κ1) is 25.2. The van der Waals surface area contributed by atoms with E-state index >= 15 is 0 Å². The molecule has 0 aliphatic heterocycles. The summed E-state index contributed by atoms with van der Waals surface area (Å²) in [6, 6.07) is 5.71. The Morgan fingerprint density at radius 2 is 1.56 bits per heavy atom. The van der Waals surface area contributed by atoms with Gasteiger partial charge >= 0.3 is 0 Å². The third-order valence-electron chi connectivity index (χ3n) is 4.41. The average Bonchev–Trinajstić information content (AvgIpc) is 3.24. The Balaban J connectivity index is 0.000000303. The molecule has 0 spiro atoms. The van der Waals surface area contributed by atoms with Gasteiger partial charge in [0.15, 0.2) is 28.4 Å². The topological polar surface area (TPSA) is 124 Å². The van der Waals surface area contributed by atoms with E-state index in [1.54, 1.807) is 13.8 Å². The number of hydrogen-bond acceptors (Lipinski definition) is 9. The summed E-state index contributed by atoms with van der Waals surface area (Å²) in [7, 11) is 0. The molecule has 2 heterocycles. The lowest BCUT2D eigenvalue weighted by molar-refractivity contribution is -0.118. The highest BCUT2D eigenvalue weighted by atomic mass is 32.1. The molecule has 8 nitrogen and oxygen atoms in total. The van der Waals surface area contributed by atoms with Crippen molar-refractivity contribution in [2.45, 2.75) is 41.5 Å². The fourth-order valence-electron chi connectivity index (χ4n) is 2.70. The zero-order chi connectivity index (χ0) is 24.0. The summed E-state index contributed by atoms with van der Waals surface area (Å²) < 4.78 is 5.53. The van der Waals surface area contributed by atoms with E-state index in [4.69, 9.17) is 10.5 Å². The summed E-state index contributed by atoms with van der Waals surface area (Å²) in [6.07, 6.45) is 0. The van der Waals surface area contributed by atoms with E-state index in [0.29, 0.717) is 31.5 Å². The second-order valence-electron chi connectivity index (χ2n) is 7.05. The van der Waals surface area contributed by atoms with Crippen molar-refractivity contribution in [2.24, 2.45) is 0 Å². The van der Waals surface area contributed by atoms with Crippen LogP contribution in [0.25, 0.3) is 0 Å². The first-order chi connectivity index (χ1) is 15.0. The van der Waals surface area contributed by atoms with Crippen molar-refractivity contribution < 1.29 is 19.1 Å². The second-order valence-corrected chi connectivity index (χ2v) is 9.08. The van der Waals surface area contributed by atoms with Crippen LogP contribution in [0.4, 0.5) is 10.3 Å². The lowest BCUT2D eigenvalue weighted by Gasteiger charge is -2.10. The summed E-state index contributed by atoms with van der Waals surface area (Å²) in [5.41, 5.74) is 8.86. The fourth-order valence-corrected chi connectivity index (χ4v) is 4.31. The van der Waals surface area contributed by atoms with Gasteiger partial charge in [-0.25, -0.2) is 9.97 Å². The van der Waals surface area contributed by atoms with Crippen molar-refractivity contribution in [1.82, 2.24) is 9.97 Å². The highest BCUT2D eigenvalue weighted by molar-refractivity contribution is 7.18. The number of ether oxygens (including phenoxy) is 1. The van der Waals surface area contributed by atoms with E-state index in [1.165, 1.54) is 36.5 Å². The maximum absolute atomic E-state index is 11.9. The molecule has 3 N–H and O–H groups in total. The van der Waals surface area contributed by atoms with Gasteiger partial charge in [-0.2, -0.15) is 0 Å². The molecule has 170 valence electrons. The number of amides is 1. The van der Waals surface area contributed by atoms with Crippen molar-refractivity contribution >= 4 is 50.4 Å². The van der Waals surface area contributed by atoms with Gasteiger partial charge in [-0.3, -0.25) is 19.7 Å². The number of carbonyl (C=O) groups excluding carboxylic acids is 3. The number of nitrogens with zero attached hydrogens (tertiary/aromatic N) is 2. The molecule has 10 heteroatoms. The van der Waals surface area contributed by atoms with Gasteiger partial charge in [0, 0.05) is 13.8 Å². The Kier molecular flexibility index (Phi) is 8.62. The summed E-state index contributed by atoms with van der Waals surface area (Å²) in [4.78, 5) is 43.4. The van der Waals surface area contributed by atoms with Gasteiger partial charge in [-0.05, 0) is 44.9 Å². The maximum atomic E-state index is 11.9. The van der Waals surface area contributed by atoms with Crippen LogP contribution in [-0.4, -0.2) is 34.0 Å². The highest BCUT2D eigenvalue weighted by Crippen LogP contribution is 2.23. The summed E-state index contributed by atoms with van der Waals surface area (Å²) in [5.74, 6) is 0.369. The number of benzene rings is 1. The number of Topliss-reactive ketones (excluding diaryl/α,β-unsaturated/α-hetero) is 2. The molecule has 0 unspecified atom stereocenters. The lowest BCUT2D eigenvalue weighted by atomic mass is 10.1. The standard InChI is InChI=1S/C16H18N2O3S.C6H8N2OS/c1-9-6-5-7-13(10(9)2)21-8-14(20)18-16-17-11(3)15(22-16)12(4)19;1-3-5(4(2)9)10-6(7)8-3/h5-7H,8H2,1-4H3,(H,17,18,20);1-2H3,(H2,7,8). The molecule has 0 aliphatic carbocycles. The van der Waals surface area contributed by atoms with Crippen LogP contribution in [-0.2, 0) is 4.79 Å². The number of aromatic nitrogens is 2. The smallest absolute Gasteiger partial charge is 0.264 e. The SMILES string of the molecule is CC(=O)c1sc(N)nc1C.CC(=O)c1sc(NC(=O)COc2cccc(C)c2C)nc1C. The Hall–Kier alpha value is -3.11. The number of ketones is 2. The van der Waals surface area contributed by atoms with Crippen molar-refractivity contribution in [2.75, 3.05) is 17.7 Å². The number of aryl methyl sites for hydroxylation is 3. The van der Waals surface area contributed by atoms with Crippen LogP contribution in [0, 0.1) is 27.7 Å². The van der Waals surface area contributed by atoms with Crippen LogP contribution in [0.3, 0.4) is 0 Å². The molecule has 0 saturated heterocycles. The molecular weight excluding hydrogens is 448 g/mol. The van der Waals surface area contributed by atoms with Gasteiger partial charge in [0.1, 0.15) is 5.75 Å². The fraction of sp³-hybridized carbons (Fsp3) is 0.318. The number of carbonyl (C=O) groups is 3. The second kappa shape index (κ2) is 11.0. The van der Waals surface area contributed by atoms with Crippen molar-refractivity contribution in [1.29, 1.82) is 0 Å². The predicted molar refractivity (Wildman–Crippen MR) is 128 cm³/mol. The van der Waals surface area contributed by atoms with E-state index in [9.17, 15) is 14.4 Å². The number of nitrogen functional groups attached to an aromatic ring is 1. The molecule has 0 saturated carbocycles. The first-order valence-corrected chi connectivity index (χ1v) is 11.3. The number of anilines is 2. The van der Waals surface area contributed by atoms with Crippen LogP contribution in [0.2, 0.25) is 0 Å². The van der Waals surface area contributed by atoms with Crippen LogP contribution in [0.15, 0.2) is 18.2 Å². The van der Waals surface area contributed by atoms with Gasteiger partial charge in [0.25, 0.3) is 5.91 Å². The molecule has 0 radical (unpaired) electrons. The largest absolute Gasteiger partial charge is 0.483 e. The summed E-state index contributed by atoms with van der Waals surface area (Å²) >= 11 is 2.41. The maximum Gasteiger partial charge on any atom is 0.264 e. The van der Waals surface area contributed by atoms with Crippen LogP contribution < -0.4 is 15.8 Å². The Bertz CT molecular complexity index is 1150. The quantitative estimate of drug-likeness (QED) is 0.503. The third kappa shape index (κ3) is 6.69. The minimum atomic E-state index is -0.301. The molecule has 0 atom stereocenters. The predicted octanol–water partition coefficient (Wildman–Crippen LogP) is 4.52. The van der Waals surface area contributed by atoms with E-state index in [2.05, 4.69) is 15.3 Å². The van der Waals surface area contributed by atoms with Gasteiger partial charge in [-0.1, -0.05) is 34.8 Å². The van der Waals surface area contributed by atoms with Crippen LogP contribution in [0.5, 0.6) is 5.75 Å². The molecule has 1 amide bonds. The summed E-state index contributed by atoms with van der Waals surface area (Å²) in [5, 5.41) is 3.53. The number of nitrogens with one attached hydrogen (secondary N) is 1. The zero-order valence-corrected chi connectivity index (χ0v) is 20.5. The van der Waals surface area contributed by atoms with E-state index < -0.39 is 0 Å². The van der Waals surface area contributed by atoms with Gasteiger partial charge in [-0.15, -0.1) is 0 Å². The molecule has 1 aromatic carbocycles. The van der Waals surface area contributed by atoms with Crippen molar-refractivity contribution in [3.63, 3.8) is 0 Å². The van der Waals surface area contributed by atoms with Gasteiger partial charge < -0.3 is 10.5 Å². The number of nitrogens with two attached hydrogens (primary N) is 1. The molecular formula is C22H26N4O4S2. The monoisotopic (exact) mass is 474 g/mol. The van der Waals surface area contributed by atoms with E-state index in [0.717, 1.165) is 16.8 Å². The first-order valence-electron chi connectivity index (χ1n) is 9.70. The Morgan fingerprint density at radius 1 is 0.969 bits per heavy atom. The normalized spacial score (nSPS) is 10.2. The van der Waals surface area contributed by atoms with Crippen LogP contribution >= 0.6 is 22.7 Å². The van der Waals surface area contributed by atoms with Crippen LogP contribution in [0.1, 0.15) is 55.7 Å². The lowest BCUT2D eigenvalue weighted by Crippen LogP contribution is -2.20. The van der Waals surface area contributed by atoms with Crippen molar-refractivity contribution in [3.8, 4) is 5.75 Å². The average molecular weight is 475 g/mol. The molecule has 0 fully saturated rings. The third-order valence-corrected chi connectivity index (χ3v) is 6.67. The molecule has 2 aromatic heterocycles. The van der Waals surface area contributed by atoms with Gasteiger partial charge in [0.05, 0.1) is 21.1 Å². The van der Waals surface area contributed by atoms with E-state index in [-0.39, 0.29) is 24.1 Å². The van der Waals surface area contributed by atoms with Gasteiger partial charge in [0.2, 0.25) is 0 Å². The number of rotatable bonds is 6. The summed E-state index contributed by atoms with van der Waals surface area (Å²) in [6.45, 7) is 10.4. The highest BCUT2D eigenvalue weighted by Gasteiger charge is 2.14. The van der Waals surface area contributed by atoms with Crippen molar-refractivity contribution in [3.05, 3.63) is 50.5 Å². The number of thiazole rings is 2. The Morgan fingerprint density at radius 3 is 2.06 bits per heavy atom. The van der Waals surface area contributed by atoms with E-state index in [1.807, 2.05) is 32.0 Å². The molecule has 3 aromatic rings. The zero-order valence-electron chi connectivity index (χ0n) is 18.9. The molecule has 0 aliphatic rings. The Labute approximate surface area is 194 Å². The molecule has 3 rings (SSSR count). The number of hydrogen-bond donors (Lipinski definition) is 2. The minimum absolute atomic E-state index is 0.0340. The molecule has 32 heavy (non-hydrogen) atoms.